The third kappa shape index (κ3) is 3.02. The lowest BCUT2D eigenvalue weighted by Gasteiger charge is -2.37. The van der Waals surface area contributed by atoms with Crippen LogP contribution in [0.15, 0.2) is 24.4 Å². The van der Waals surface area contributed by atoms with Gasteiger partial charge in [-0.05, 0) is 24.6 Å². The minimum atomic E-state index is 0.784. The van der Waals surface area contributed by atoms with Gasteiger partial charge in [-0.1, -0.05) is 24.6 Å². The number of nitrogens with zero attached hydrogens (tertiary/aromatic N) is 5. The number of piperazine rings is 1. The molecule has 6 nitrogen and oxygen atoms in total. The van der Waals surface area contributed by atoms with E-state index in [0.717, 1.165) is 60.3 Å². The van der Waals surface area contributed by atoms with Crippen molar-refractivity contribution in [2.75, 3.05) is 36.0 Å². The largest absolute Gasteiger partial charge is 0.368 e. The summed E-state index contributed by atoms with van der Waals surface area (Å²) in [6.07, 6.45) is 2.63. The predicted octanol–water partition coefficient (Wildman–Crippen LogP) is 3.20. The number of anilines is 2. The molecule has 4 rings (SSSR count). The van der Waals surface area contributed by atoms with E-state index in [1.165, 1.54) is 11.3 Å². The SMILES string of the molecule is CCc1nc(N2CCN(c3cc(Cl)ccc3C)CC2)c2cn[nH]c2n1. The number of hydrogen-bond donors (Lipinski definition) is 1. The Labute approximate surface area is 151 Å². The number of aromatic amines is 1. The van der Waals surface area contributed by atoms with E-state index < -0.39 is 0 Å². The van der Waals surface area contributed by atoms with Gasteiger partial charge in [-0.3, -0.25) is 5.10 Å². The number of hydrogen-bond acceptors (Lipinski definition) is 5. The molecule has 7 heteroatoms. The quantitative estimate of drug-likeness (QED) is 0.780. The average molecular weight is 357 g/mol. The third-order valence-electron chi connectivity index (χ3n) is 4.74. The Morgan fingerprint density at radius 2 is 1.88 bits per heavy atom. The summed E-state index contributed by atoms with van der Waals surface area (Å²) in [4.78, 5) is 14.0. The zero-order chi connectivity index (χ0) is 17.4. The molecular formula is C18H21ClN6. The highest BCUT2D eigenvalue weighted by Gasteiger charge is 2.22. The van der Waals surface area contributed by atoms with Crippen molar-refractivity contribution in [3.63, 3.8) is 0 Å². The lowest BCUT2D eigenvalue weighted by Crippen LogP contribution is -2.47. The maximum Gasteiger partial charge on any atom is 0.161 e. The summed E-state index contributed by atoms with van der Waals surface area (Å²) < 4.78 is 0. The second kappa shape index (κ2) is 6.52. The van der Waals surface area contributed by atoms with Crippen LogP contribution in [-0.4, -0.2) is 46.3 Å². The molecule has 0 unspecified atom stereocenters. The van der Waals surface area contributed by atoms with Gasteiger partial charge in [0.2, 0.25) is 0 Å². The maximum absolute atomic E-state index is 6.18. The Balaban J connectivity index is 1.58. The van der Waals surface area contributed by atoms with E-state index in [9.17, 15) is 0 Å². The molecule has 1 saturated heterocycles. The highest BCUT2D eigenvalue weighted by Crippen LogP contribution is 2.28. The van der Waals surface area contributed by atoms with Crippen LogP contribution >= 0.6 is 11.6 Å². The number of aromatic nitrogens is 4. The average Bonchev–Trinajstić information content (AvgIpc) is 3.11. The molecule has 0 spiro atoms. The summed E-state index contributed by atoms with van der Waals surface area (Å²) in [5.74, 6) is 1.83. The number of fused-ring (bicyclic) bond motifs is 1. The molecule has 0 saturated carbocycles. The number of halogens is 1. The number of rotatable bonds is 3. The predicted molar refractivity (Wildman–Crippen MR) is 102 cm³/mol. The summed E-state index contributed by atoms with van der Waals surface area (Å²) in [5.41, 5.74) is 3.29. The van der Waals surface area contributed by atoms with E-state index in [1.807, 2.05) is 12.3 Å². The van der Waals surface area contributed by atoms with Crippen molar-refractivity contribution >= 4 is 34.1 Å². The number of benzene rings is 1. The van der Waals surface area contributed by atoms with Gasteiger partial charge >= 0.3 is 0 Å². The van der Waals surface area contributed by atoms with Gasteiger partial charge in [-0.2, -0.15) is 5.10 Å². The molecule has 3 heterocycles. The van der Waals surface area contributed by atoms with Crippen molar-refractivity contribution in [2.45, 2.75) is 20.3 Å². The van der Waals surface area contributed by atoms with Crippen molar-refractivity contribution in [2.24, 2.45) is 0 Å². The fourth-order valence-electron chi connectivity index (χ4n) is 3.35. The van der Waals surface area contributed by atoms with Gasteiger partial charge in [0.1, 0.15) is 11.6 Å². The summed E-state index contributed by atoms with van der Waals surface area (Å²) in [6.45, 7) is 7.89. The van der Waals surface area contributed by atoms with E-state index in [2.05, 4.69) is 51.0 Å². The van der Waals surface area contributed by atoms with Crippen molar-refractivity contribution in [1.82, 2.24) is 20.2 Å². The van der Waals surface area contributed by atoms with Gasteiger partial charge in [0.15, 0.2) is 5.65 Å². The first-order valence-corrected chi connectivity index (χ1v) is 8.99. The standard InChI is InChI=1S/C18H21ClN6/c1-3-16-21-17-14(11-20-23-17)18(22-16)25-8-6-24(7-9-25)15-10-13(19)5-4-12(15)2/h4-5,10-11H,3,6-9H2,1-2H3,(H,20,21,22,23). The van der Waals surface area contributed by atoms with Gasteiger partial charge in [0.05, 0.1) is 11.6 Å². The zero-order valence-corrected chi connectivity index (χ0v) is 15.2. The number of nitrogens with one attached hydrogen (secondary N) is 1. The monoisotopic (exact) mass is 356 g/mol. The Kier molecular flexibility index (Phi) is 4.21. The van der Waals surface area contributed by atoms with Gasteiger partial charge < -0.3 is 9.80 Å². The smallest absolute Gasteiger partial charge is 0.161 e. The van der Waals surface area contributed by atoms with Crippen LogP contribution < -0.4 is 9.80 Å². The first kappa shape index (κ1) is 16.1. The van der Waals surface area contributed by atoms with Gasteiger partial charge in [0, 0.05) is 43.3 Å². The van der Waals surface area contributed by atoms with Gasteiger partial charge in [-0.15, -0.1) is 0 Å². The Bertz CT molecular complexity index is 898. The van der Waals surface area contributed by atoms with Gasteiger partial charge in [-0.25, -0.2) is 9.97 Å². The molecule has 1 N–H and O–H groups in total. The number of aryl methyl sites for hydroxylation is 2. The third-order valence-corrected chi connectivity index (χ3v) is 4.98. The molecule has 1 aromatic carbocycles. The van der Waals surface area contributed by atoms with E-state index >= 15 is 0 Å². The molecule has 130 valence electrons. The fraction of sp³-hybridized carbons (Fsp3) is 0.389. The molecule has 0 bridgehead atoms. The molecule has 1 aliphatic rings. The first-order valence-electron chi connectivity index (χ1n) is 8.61. The van der Waals surface area contributed by atoms with E-state index in [1.54, 1.807) is 0 Å². The Hall–Kier alpha value is -2.34. The summed E-state index contributed by atoms with van der Waals surface area (Å²) >= 11 is 6.18. The van der Waals surface area contributed by atoms with Crippen LogP contribution in [-0.2, 0) is 6.42 Å². The van der Waals surface area contributed by atoms with E-state index in [-0.39, 0.29) is 0 Å². The van der Waals surface area contributed by atoms with Gasteiger partial charge in [0.25, 0.3) is 0 Å². The van der Waals surface area contributed by atoms with Crippen LogP contribution in [0.2, 0.25) is 5.02 Å². The van der Waals surface area contributed by atoms with Crippen molar-refractivity contribution < 1.29 is 0 Å². The van der Waals surface area contributed by atoms with Crippen molar-refractivity contribution in [3.05, 3.63) is 40.8 Å². The minimum Gasteiger partial charge on any atom is -0.368 e. The fourth-order valence-corrected chi connectivity index (χ4v) is 3.51. The maximum atomic E-state index is 6.18. The van der Waals surface area contributed by atoms with Crippen LogP contribution in [0, 0.1) is 6.92 Å². The van der Waals surface area contributed by atoms with Crippen molar-refractivity contribution in [1.29, 1.82) is 0 Å². The summed E-state index contributed by atoms with van der Waals surface area (Å²) in [7, 11) is 0. The minimum absolute atomic E-state index is 0.784. The molecular weight excluding hydrogens is 336 g/mol. The van der Waals surface area contributed by atoms with E-state index in [0.29, 0.717) is 0 Å². The zero-order valence-electron chi connectivity index (χ0n) is 14.5. The first-order chi connectivity index (χ1) is 12.2. The lowest BCUT2D eigenvalue weighted by atomic mass is 10.1. The van der Waals surface area contributed by atoms with Crippen LogP contribution in [0.3, 0.4) is 0 Å². The molecule has 0 aliphatic carbocycles. The molecule has 3 aromatic rings. The molecule has 0 atom stereocenters. The molecule has 25 heavy (non-hydrogen) atoms. The van der Waals surface area contributed by atoms with Crippen LogP contribution in [0.4, 0.5) is 11.5 Å². The van der Waals surface area contributed by atoms with E-state index in [4.69, 9.17) is 16.6 Å². The summed E-state index contributed by atoms with van der Waals surface area (Å²) in [5, 5.41) is 8.88. The Morgan fingerprint density at radius 1 is 1.12 bits per heavy atom. The highest BCUT2D eigenvalue weighted by atomic mass is 35.5. The molecule has 0 amide bonds. The molecule has 0 radical (unpaired) electrons. The van der Waals surface area contributed by atoms with Crippen LogP contribution in [0.5, 0.6) is 0 Å². The number of H-pyrrole nitrogens is 1. The topological polar surface area (TPSA) is 60.9 Å². The van der Waals surface area contributed by atoms with Crippen molar-refractivity contribution in [3.8, 4) is 0 Å². The second-order valence-electron chi connectivity index (χ2n) is 6.35. The summed E-state index contributed by atoms with van der Waals surface area (Å²) in [6, 6.07) is 6.08. The Morgan fingerprint density at radius 3 is 2.64 bits per heavy atom. The highest BCUT2D eigenvalue weighted by molar-refractivity contribution is 6.30. The second-order valence-corrected chi connectivity index (χ2v) is 6.79. The molecule has 1 aliphatic heterocycles. The normalized spacial score (nSPS) is 15.2. The van der Waals surface area contributed by atoms with Crippen LogP contribution in [0.25, 0.3) is 11.0 Å². The lowest BCUT2D eigenvalue weighted by molar-refractivity contribution is 0.646. The molecule has 1 fully saturated rings. The molecule has 2 aromatic heterocycles. The van der Waals surface area contributed by atoms with Crippen LogP contribution in [0.1, 0.15) is 18.3 Å².